The number of hydrogen-bond acceptors (Lipinski definition) is 4. The predicted molar refractivity (Wildman–Crippen MR) is 84.6 cm³/mol. The zero-order chi connectivity index (χ0) is 15.5. The largest absolute Gasteiger partial charge is 0.385 e. The van der Waals surface area contributed by atoms with E-state index in [9.17, 15) is 4.79 Å². The molecule has 1 aromatic heterocycles. The Morgan fingerprint density at radius 1 is 1.29 bits per heavy atom. The standard InChI is InChI=1S/C16H26N4O/c1-11(2)14-18-10-12(17-4)13(19-14)15(21)20-16(3)8-6-5-7-9-16/h10-11,17H,5-9H2,1-4H3,(H,20,21). The summed E-state index contributed by atoms with van der Waals surface area (Å²) in [5.74, 6) is 0.800. The summed E-state index contributed by atoms with van der Waals surface area (Å²) in [6.07, 6.45) is 7.39. The first-order valence-electron chi connectivity index (χ1n) is 7.82. The summed E-state index contributed by atoms with van der Waals surface area (Å²) in [4.78, 5) is 21.4. The molecule has 2 rings (SSSR count). The Balaban J connectivity index is 2.22. The third kappa shape index (κ3) is 3.71. The Bertz CT molecular complexity index is 507. The van der Waals surface area contributed by atoms with Gasteiger partial charge in [-0.25, -0.2) is 9.97 Å². The molecule has 0 spiro atoms. The molecule has 5 heteroatoms. The van der Waals surface area contributed by atoms with Crippen LogP contribution >= 0.6 is 0 Å². The van der Waals surface area contributed by atoms with E-state index in [0.717, 1.165) is 12.8 Å². The van der Waals surface area contributed by atoms with Gasteiger partial charge in [-0.1, -0.05) is 33.1 Å². The molecule has 5 nitrogen and oxygen atoms in total. The topological polar surface area (TPSA) is 66.9 Å². The van der Waals surface area contributed by atoms with Crippen LogP contribution < -0.4 is 10.6 Å². The molecule has 0 aliphatic heterocycles. The van der Waals surface area contributed by atoms with E-state index in [-0.39, 0.29) is 17.4 Å². The van der Waals surface area contributed by atoms with Gasteiger partial charge in [-0.15, -0.1) is 0 Å². The third-order valence-corrected chi connectivity index (χ3v) is 4.18. The minimum atomic E-state index is -0.108. The molecular weight excluding hydrogens is 264 g/mol. The van der Waals surface area contributed by atoms with Crippen LogP contribution in [0.3, 0.4) is 0 Å². The molecule has 1 fully saturated rings. The number of carbonyl (C=O) groups is 1. The minimum Gasteiger partial charge on any atom is -0.385 e. The average Bonchev–Trinajstić information content (AvgIpc) is 2.46. The SMILES string of the molecule is CNc1cnc(C(C)C)nc1C(=O)NC1(C)CCCCC1. The van der Waals surface area contributed by atoms with Gasteiger partial charge in [-0.2, -0.15) is 0 Å². The lowest BCUT2D eigenvalue weighted by molar-refractivity contribution is 0.0878. The molecule has 0 bridgehead atoms. The number of nitrogens with zero attached hydrogens (tertiary/aromatic N) is 2. The second-order valence-corrected chi connectivity index (χ2v) is 6.47. The van der Waals surface area contributed by atoms with E-state index in [1.54, 1.807) is 13.2 Å². The van der Waals surface area contributed by atoms with Crippen molar-refractivity contribution >= 4 is 11.6 Å². The van der Waals surface area contributed by atoms with Gasteiger partial charge < -0.3 is 10.6 Å². The molecule has 0 radical (unpaired) electrons. The number of amides is 1. The molecule has 1 heterocycles. The van der Waals surface area contributed by atoms with Crippen molar-refractivity contribution in [3.05, 3.63) is 17.7 Å². The number of hydrogen-bond donors (Lipinski definition) is 2. The summed E-state index contributed by atoms with van der Waals surface area (Å²) in [7, 11) is 1.78. The molecule has 1 aliphatic carbocycles. The smallest absolute Gasteiger partial charge is 0.272 e. The van der Waals surface area contributed by atoms with E-state index in [1.807, 2.05) is 13.8 Å². The third-order valence-electron chi connectivity index (χ3n) is 4.18. The number of aromatic nitrogens is 2. The zero-order valence-electron chi connectivity index (χ0n) is 13.5. The molecule has 2 N–H and O–H groups in total. The van der Waals surface area contributed by atoms with Crippen LogP contribution in [-0.4, -0.2) is 28.5 Å². The Morgan fingerprint density at radius 3 is 2.52 bits per heavy atom. The van der Waals surface area contributed by atoms with Crippen molar-refractivity contribution in [1.29, 1.82) is 0 Å². The summed E-state index contributed by atoms with van der Waals surface area (Å²) < 4.78 is 0. The van der Waals surface area contributed by atoms with E-state index in [2.05, 4.69) is 27.5 Å². The molecule has 1 saturated carbocycles. The van der Waals surface area contributed by atoms with Crippen LogP contribution in [-0.2, 0) is 0 Å². The van der Waals surface area contributed by atoms with Crippen LogP contribution in [0.4, 0.5) is 5.69 Å². The monoisotopic (exact) mass is 290 g/mol. The van der Waals surface area contributed by atoms with Crippen molar-refractivity contribution < 1.29 is 4.79 Å². The van der Waals surface area contributed by atoms with Crippen LogP contribution in [0.15, 0.2) is 6.20 Å². The predicted octanol–water partition coefficient (Wildman–Crippen LogP) is 3.09. The van der Waals surface area contributed by atoms with Crippen molar-refractivity contribution in [2.24, 2.45) is 0 Å². The van der Waals surface area contributed by atoms with Gasteiger partial charge in [-0.05, 0) is 19.8 Å². The van der Waals surface area contributed by atoms with Gasteiger partial charge in [0.15, 0.2) is 5.69 Å². The second kappa shape index (κ2) is 6.41. The fraction of sp³-hybridized carbons (Fsp3) is 0.688. The second-order valence-electron chi connectivity index (χ2n) is 6.47. The summed E-state index contributed by atoms with van der Waals surface area (Å²) in [6.45, 7) is 6.19. The molecule has 21 heavy (non-hydrogen) atoms. The van der Waals surface area contributed by atoms with Crippen LogP contribution in [0.1, 0.15) is 75.1 Å². The maximum Gasteiger partial charge on any atom is 0.272 e. The lowest BCUT2D eigenvalue weighted by Crippen LogP contribution is -2.47. The minimum absolute atomic E-state index is 0.104. The molecule has 116 valence electrons. The Kier molecular flexibility index (Phi) is 4.80. The van der Waals surface area contributed by atoms with Crippen LogP contribution in [0.2, 0.25) is 0 Å². The van der Waals surface area contributed by atoms with Crippen molar-refractivity contribution in [2.45, 2.75) is 64.3 Å². The number of nitrogens with one attached hydrogen (secondary N) is 2. The summed E-state index contributed by atoms with van der Waals surface area (Å²) in [5.41, 5.74) is 1.02. The van der Waals surface area contributed by atoms with Crippen LogP contribution in [0.25, 0.3) is 0 Å². The van der Waals surface area contributed by atoms with Gasteiger partial charge >= 0.3 is 0 Å². The highest BCUT2D eigenvalue weighted by atomic mass is 16.2. The quantitative estimate of drug-likeness (QED) is 0.894. The Morgan fingerprint density at radius 2 is 1.95 bits per heavy atom. The summed E-state index contributed by atoms with van der Waals surface area (Å²) in [5, 5.41) is 6.19. The highest BCUT2D eigenvalue weighted by Gasteiger charge is 2.30. The molecule has 1 aliphatic rings. The Labute approximate surface area is 127 Å². The molecular formula is C16H26N4O. The number of anilines is 1. The van der Waals surface area contributed by atoms with Gasteiger partial charge in [0, 0.05) is 18.5 Å². The van der Waals surface area contributed by atoms with Crippen molar-refractivity contribution in [3.8, 4) is 0 Å². The van der Waals surface area contributed by atoms with E-state index < -0.39 is 0 Å². The highest BCUT2D eigenvalue weighted by Crippen LogP contribution is 2.28. The Hall–Kier alpha value is -1.65. The highest BCUT2D eigenvalue weighted by molar-refractivity contribution is 5.97. The maximum absolute atomic E-state index is 12.6. The molecule has 1 amide bonds. The van der Waals surface area contributed by atoms with Crippen molar-refractivity contribution in [3.63, 3.8) is 0 Å². The number of rotatable bonds is 4. The number of carbonyl (C=O) groups excluding carboxylic acids is 1. The fourth-order valence-electron chi connectivity index (χ4n) is 2.82. The van der Waals surface area contributed by atoms with Gasteiger partial charge in [0.25, 0.3) is 5.91 Å². The van der Waals surface area contributed by atoms with Crippen LogP contribution in [0, 0.1) is 0 Å². The summed E-state index contributed by atoms with van der Waals surface area (Å²) in [6, 6.07) is 0. The fourth-order valence-corrected chi connectivity index (χ4v) is 2.82. The lowest BCUT2D eigenvalue weighted by Gasteiger charge is -2.34. The molecule has 0 unspecified atom stereocenters. The first-order valence-corrected chi connectivity index (χ1v) is 7.82. The normalized spacial score (nSPS) is 17.6. The average molecular weight is 290 g/mol. The van der Waals surface area contributed by atoms with E-state index >= 15 is 0 Å². The van der Waals surface area contributed by atoms with Gasteiger partial charge in [0.1, 0.15) is 5.82 Å². The molecule has 0 saturated heterocycles. The van der Waals surface area contributed by atoms with Gasteiger partial charge in [0.05, 0.1) is 11.9 Å². The van der Waals surface area contributed by atoms with Crippen LogP contribution in [0.5, 0.6) is 0 Å². The first-order chi connectivity index (χ1) is 9.95. The zero-order valence-corrected chi connectivity index (χ0v) is 13.5. The van der Waals surface area contributed by atoms with E-state index in [0.29, 0.717) is 17.2 Å². The van der Waals surface area contributed by atoms with Gasteiger partial charge in [-0.3, -0.25) is 4.79 Å². The van der Waals surface area contributed by atoms with Crippen molar-refractivity contribution in [1.82, 2.24) is 15.3 Å². The van der Waals surface area contributed by atoms with Gasteiger partial charge in [0.2, 0.25) is 0 Å². The maximum atomic E-state index is 12.6. The molecule has 1 aromatic rings. The molecule has 0 aromatic carbocycles. The lowest BCUT2D eigenvalue weighted by atomic mass is 9.83. The molecule has 0 atom stereocenters. The van der Waals surface area contributed by atoms with E-state index in [4.69, 9.17) is 0 Å². The van der Waals surface area contributed by atoms with E-state index in [1.165, 1.54) is 19.3 Å². The first kappa shape index (κ1) is 15.7. The summed E-state index contributed by atoms with van der Waals surface area (Å²) >= 11 is 0. The van der Waals surface area contributed by atoms with Crippen molar-refractivity contribution in [2.75, 3.05) is 12.4 Å².